The number of pyridine rings is 2. The summed E-state index contributed by atoms with van der Waals surface area (Å²) in [6.45, 7) is 1.94. The summed E-state index contributed by atoms with van der Waals surface area (Å²) < 4.78 is 37.9. The van der Waals surface area contributed by atoms with Crippen LogP contribution in [0.15, 0.2) is 49.1 Å². The highest BCUT2D eigenvalue weighted by atomic mass is 19.4. The van der Waals surface area contributed by atoms with Crippen molar-refractivity contribution in [3.63, 3.8) is 0 Å². The van der Waals surface area contributed by atoms with Gasteiger partial charge in [-0.1, -0.05) is 6.07 Å². The highest BCUT2D eigenvalue weighted by molar-refractivity contribution is 5.53. The van der Waals surface area contributed by atoms with Crippen LogP contribution in [0.4, 0.5) is 13.2 Å². The molecule has 0 aromatic carbocycles. The van der Waals surface area contributed by atoms with Crippen molar-refractivity contribution >= 4 is 0 Å². The smallest absolute Gasteiger partial charge is 0.293 e. The Bertz CT molecular complexity index is 926. The summed E-state index contributed by atoms with van der Waals surface area (Å²) in [4.78, 5) is 18.8. The molecule has 3 aromatic heterocycles. The van der Waals surface area contributed by atoms with Crippen LogP contribution in [0.2, 0.25) is 0 Å². The largest absolute Gasteiger partial charge is 0.433 e. The Kier molecular flexibility index (Phi) is 4.57. The van der Waals surface area contributed by atoms with Crippen molar-refractivity contribution < 1.29 is 13.2 Å². The molecule has 0 amide bonds. The van der Waals surface area contributed by atoms with Crippen molar-refractivity contribution in [2.75, 3.05) is 6.54 Å². The minimum absolute atomic E-state index is 0.525. The Hall–Kier alpha value is -2.87. The van der Waals surface area contributed by atoms with Gasteiger partial charge < -0.3 is 0 Å². The lowest BCUT2D eigenvalue weighted by molar-refractivity contribution is -0.141. The van der Waals surface area contributed by atoms with Gasteiger partial charge in [-0.05, 0) is 35.7 Å². The van der Waals surface area contributed by atoms with E-state index < -0.39 is 11.9 Å². The van der Waals surface area contributed by atoms with Gasteiger partial charge in [-0.3, -0.25) is 14.9 Å². The number of alkyl halides is 3. The molecule has 0 saturated carbocycles. The molecule has 8 heteroatoms. The minimum Gasteiger partial charge on any atom is -0.293 e. The summed E-state index contributed by atoms with van der Waals surface area (Å²) in [6, 6.07) is 6.24. The lowest BCUT2D eigenvalue weighted by Crippen LogP contribution is -2.31. The third-order valence-corrected chi connectivity index (χ3v) is 4.47. The summed E-state index contributed by atoms with van der Waals surface area (Å²) >= 11 is 0. The van der Waals surface area contributed by atoms with Gasteiger partial charge in [0.2, 0.25) is 0 Å². The van der Waals surface area contributed by atoms with Gasteiger partial charge in [-0.15, -0.1) is 0 Å². The second-order valence-electron chi connectivity index (χ2n) is 6.42. The van der Waals surface area contributed by atoms with Crippen LogP contribution in [-0.4, -0.2) is 31.4 Å². The second kappa shape index (κ2) is 7.03. The van der Waals surface area contributed by atoms with Crippen molar-refractivity contribution in [2.24, 2.45) is 0 Å². The third kappa shape index (κ3) is 3.95. The lowest BCUT2D eigenvalue weighted by atomic mass is 10.1. The zero-order chi connectivity index (χ0) is 18.9. The predicted octanol–water partition coefficient (Wildman–Crippen LogP) is 3.51. The van der Waals surface area contributed by atoms with Crippen LogP contribution < -0.4 is 0 Å². The van der Waals surface area contributed by atoms with Crippen molar-refractivity contribution in [1.29, 1.82) is 0 Å². The van der Waals surface area contributed by atoms with Crippen LogP contribution in [0, 0.1) is 0 Å². The fraction of sp³-hybridized carbons (Fsp3) is 0.263. The van der Waals surface area contributed by atoms with E-state index in [1.54, 1.807) is 12.4 Å². The summed E-state index contributed by atoms with van der Waals surface area (Å²) in [5.74, 6) is 0.625. The van der Waals surface area contributed by atoms with Crippen molar-refractivity contribution in [2.45, 2.75) is 25.7 Å². The molecular formula is C19H16F3N5. The van der Waals surface area contributed by atoms with Gasteiger partial charge in [0.15, 0.2) is 5.82 Å². The van der Waals surface area contributed by atoms with Crippen LogP contribution in [0.3, 0.4) is 0 Å². The maximum Gasteiger partial charge on any atom is 0.433 e. The van der Waals surface area contributed by atoms with E-state index in [1.807, 2.05) is 18.3 Å². The molecule has 5 nitrogen and oxygen atoms in total. The highest BCUT2D eigenvalue weighted by Gasteiger charge is 2.32. The first-order chi connectivity index (χ1) is 13.0. The van der Waals surface area contributed by atoms with Crippen LogP contribution in [-0.2, 0) is 25.7 Å². The van der Waals surface area contributed by atoms with Gasteiger partial charge in [0.05, 0.1) is 5.69 Å². The quantitative estimate of drug-likeness (QED) is 0.705. The minimum atomic E-state index is -4.41. The zero-order valence-electron chi connectivity index (χ0n) is 14.3. The predicted molar refractivity (Wildman–Crippen MR) is 92.3 cm³/mol. The summed E-state index contributed by atoms with van der Waals surface area (Å²) in [7, 11) is 0. The number of hydrogen-bond donors (Lipinski definition) is 0. The van der Waals surface area contributed by atoms with Crippen molar-refractivity contribution in [3.05, 3.63) is 71.6 Å². The van der Waals surface area contributed by atoms with Crippen LogP contribution >= 0.6 is 0 Å². The van der Waals surface area contributed by atoms with Gasteiger partial charge in [0, 0.05) is 50.0 Å². The number of hydrogen-bond acceptors (Lipinski definition) is 5. The molecule has 0 radical (unpaired) electrons. The van der Waals surface area contributed by atoms with E-state index in [0.717, 1.165) is 41.4 Å². The molecule has 3 aromatic rings. The van der Waals surface area contributed by atoms with E-state index in [4.69, 9.17) is 0 Å². The third-order valence-electron chi connectivity index (χ3n) is 4.47. The first kappa shape index (κ1) is 17.5. The number of aromatic nitrogens is 4. The topological polar surface area (TPSA) is 54.8 Å². The fourth-order valence-electron chi connectivity index (χ4n) is 3.07. The molecule has 0 unspecified atom stereocenters. The first-order valence-electron chi connectivity index (χ1n) is 8.49. The van der Waals surface area contributed by atoms with E-state index in [9.17, 15) is 13.2 Å². The maximum absolute atomic E-state index is 12.6. The molecular weight excluding hydrogens is 355 g/mol. The average molecular weight is 371 g/mol. The lowest BCUT2D eigenvalue weighted by Gasteiger charge is -2.28. The first-order valence-corrected chi connectivity index (χ1v) is 8.49. The van der Waals surface area contributed by atoms with E-state index in [1.165, 1.54) is 12.3 Å². The molecule has 27 heavy (non-hydrogen) atoms. The molecule has 0 bridgehead atoms. The molecule has 0 saturated heterocycles. The molecule has 4 rings (SSSR count). The monoisotopic (exact) mass is 371 g/mol. The fourth-order valence-corrected chi connectivity index (χ4v) is 3.07. The highest BCUT2D eigenvalue weighted by Crippen LogP contribution is 2.27. The Labute approximate surface area is 153 Å². The van der Waals surface area contributed by atoms with Crippen molar-refractivity contribution in [1.82, 2.24) is 24.8 Å². The van der Waals surface area contributed by atoms with Gasteiger partial charge in [0.25, 0.3) is 0 Å². The Morgan fingerprint density at radius 2 is 1.93 bits per heavy atom. The maximum atomic E-state index is 12.6. The van der Waals surface area contributed by atoms with Gasteiger partial charge in [0.1, 0.15) is 5.69 Å². The molecule has 0 aliphatic carbocycles. The molecule has 0 spiro atoms. The summed E-state index contributed by atoms with van der Waals surface area (Å²) in [6.07, 6.45) is 2.94. The van der Waals surface area contributed by atoms with E-state index in [-0.39, 0.29) is 0 Å². The van der Waals surface area contributed by atoms with Gasteiger partial charge in [-0.25, -0.2) is 9.97 Å². The molecule has 4 heterocycles. The van der Waals surface area contributed by atoms with E-state index >= 15 is 0 Å². The normalized spacial score (nSPS) is 14.8. The van der Waals surface area contributed by atoms with Gasteiger partial charge >= 0.3 is 6.18 Å². The number of halogens is 3. The van der Waals surface area contributed by atoms with Crippen LogP contribution in [0.5, 0.6) is 0 Å². The summed E-state index contributed by atoms with van der Waals surface area (Å²) in [5.41, 5.74) is 2.76. The number of fused-ring (bicyclic) bond motifs is 1. The molecule has 1 aliphatic rings. The van der Waals surface area contributed by atoms with Crippen molar-refractivity contribution in [3.8, 4) is 11.4 Å². The molecule has 0 atom stereocenters. The Morgan fingerprint density at radius 1 is 1.04 bits per heavy atom. The number of rotatable bonds is 3. The SMILES string of the molecule is FC(F)(F)c1ccc(CN2CCc3cnc(-c4cccnc4)nc3C2)cn1. The summed E-state index contributed by atoms with van der Waals surface area (Å²) in [5, 5.41) is 0. The zero-order valence-corrected chi connectivity index (χ0v) is 14.3. The molecule has 138 valence electrons. The van der Waals surface area contributed by atoms with Gasteiger partial charge in [-0.2, -0.15) is 13.2 Å². The Balaban J connectivity index is 1.49. The number of nitrogens with zero attached hydrogens (tertiary/aromatic N) is 5. The second-order valence-corrected chi connectivity index (χ2v) is 6.42. The standard InChI is InChI=1S/C19H16F3N5/c20-19(21,22)17-4-3-13(8-24-17)11-27-7-5-14-10-25-18(26-16(14)12-27)15-2-1-6-23-9-15/h1-4,6,8-10H,5,7,11-12H2. The molecule has 1 aliphatic heterocycles. The molecule has 0 N–H and O–H groups in total. The van der Waals surface area contributed by atoms with E-state index in [0.29, 0.717) is 18.9 Å². The molecule has 0 fully saturated rings. The van der Waals surface area contributed by atoms with E-state index in [2.05, 4.69) is 24.8 Å². The van der Waals surface area contributed by atoms with Crippen LogP contribution in [0.1, 0.15) is 22.5 Å². The van der Waals surface area contributed by atoms with Crippen LogP contribution in [0.25, 0.3) is 11.4 Å². The average Bonchev–Trinajstić information content (AvgIpc) is 2.68. The Morgan fingerprint density at radius 3 is 2.63 bits per heavy atom.